The van der Waals surface area contributed by atoms with Crippen molar-refractivity contribution in [1.82, 2.24) is 9.29 Å². The minimum Gasteiger partial charge on any atom is -0.490 e. The van der Waals surface area contributed by atoms with E-state index in [1.807, 2.05) is 0 Å². The molecule has 1 saturated heterocycles. The van der Waals surface area contributed by atoms with Crippen molar-refractivity contribution >= 4 is 50.8 Å². The van der Waals surface area contributed by atoms with Crippen molar-refractivity contribution < 1.29 is 32.6 Å². The Kier molecular flexibility index (Phi) is 9.70. The summed E-state index contributed by atoms with van der Waals surface area (Å²) in [7, 11) is -3.69. The monoisotopic (exact) mass is 655 g/mol. The Morgan fingerprint density at radius 2 is 1.64 bits per heavy atom. The van der Waals surface area contributed by atoms with Gasteiger partial charge in [-0.2, -0.15) is 4.31 Å². The van der Waals surface area contributed by atoms with Crippen LogP contribution in [0.4, 0.5) is 5.69 Å². The van der Waals surface area contributed by atoms with Crippen molar-refractivity contribution in [2.75, 3.05) is 18.4 Å². The van der Waals surface area contributed by atoms with Crippen LogP contribution in [0.15, 0.2) is 90.0 Å². The lowest BCUT2D eigenvalue weighted by Gasteiger charge is -2.31. The van der Waals surface area contributed by atoms with Gasteiger partial charge in [0.05, 0.1) is 32.6 Å². The van der Waals surface area contributed by atoms with Crippen molar-refractivity contribution in [2.45, 2.75) is 30.3 Å². The van der Waals surface area contributed by atoms with Gasteiger partial charge in [0.2, 0.25) is 21.8 Å². The first-order valence-electron chi connectivity index (χ1n) is 13.6. The van der Waals surface area contributed by atoms with Gasteiger partial charge in [0.15, 0.2) is 0 Å². The SMILES string of the molecule is O=C(Cc1ccc(Oc2ccc(OC3CCN(S(=O)(=O)c4ccc(Cl)c(Cl)c4)CC3)cc2)nc1)Nc1ccccc1C(=O)O. The molecule has 0 radical (unpaired) electrons. The van der Waals surface area contributed by atoms with Crippen LogP contribution in [-0.4, -0.2) is 53.9 Å². The summed E-state index contributed by atoms with van der Waals surface area (Å²) in [5, 5.41) is 12.4. The van der Waals surface area contributed by atoms with E-state index < -0.39 is 16.0 Å². The van der Waals surface area contributed by atoms with Gasteiger partial charge < -0.3 is 19.9 Å². The molecule has 1 aromatic heterocycles. The molecule has 0 unspecified atom stereocenters. The van der Waals surface area contributed by atoms with E-state index in [4.69, 9.17) is 32.7 Å². The second-order valence-electron chi connectivity index (χ2n) is 9.95. The molecule has 1 aliphatic rings. The maximum Gasteiger partial charge on any atom is 0.337 e. The molecular formula is C31H27Cl2N3O7S. The van der Waals surface area contributed by atoms with Gasteiger partial charge in [0.1, 0.15) is 17.6 Å². The minimum atomic E-state index is -3.69. The number of carbonyl (C=O) groups is 2. The topological polar surface area (TPSA) is 135 Å². The van der Waals surface area contributed by atoms with E-state index >= 15 is 0 Å². The Morgan fingerprint density at radius 1 is 0.932 bits per heavy atom. The maximum absolute atomic E-state index is 13.0. The number of ether oxygens (including phenoxy) is 2. The number of aromatic nitrogens is 1. The summed E-state index contributed by atoms with van der Waals surface area (Å²) in [4.78, 5) is 28.1. The Hall–Kier alpha value is -4.16. The van der Waals surface area contributed by atoms with Gasteiger partial charge in [-0.1, -0.05) is 41.4 Å². The van der Waals surface area contributed by atoms with E-state index in [-0.39, 0.29) is 39.6 Å². The Labute approximate surface area is 264 Å². The number of hydrogen-bond acceptors (Lipinski definition) is 7. The molecular weight excluding hydrogens is 629 g/mol. The summed E-state index contributed by atoms with van der Waals surface area (Å²) < 4.78 is 39.3. The number of carbonyl (C=O) groups excluding carboxylic acids is 1. The molecule has 4 aromatic rings. The van der Waals surface area contributed by atoms with E-state index in [0.717, 1.165) is 0 Å². The average Bonchev–Trinajstić information content (AvgIpc) is 3.01. The number of sulfonamides is 1. The van der Waals surface area contributed by atoms with E-state index in [9.17, 15) is 23.1 Å². The molecule has 5 rings (SSSR count). The van der Waals surface area contributed by atoms with Crippen molar-refractivity contribution in [3.8, 4) is 17.4 Å². The van der Waals surface area contributed by atoms with Gasteiger partial charge in [-0.25, -0.2) is 18.2 Å². The molecule has 0 spiro atoms. The van der Waals surface area contributed by atoms with Gasteiger partial charge in [-0.3, -0.25) is 4.79 Å². The first kappa shape index (κ1) is 31.3. The lowest BCUT2D eigenvalue weighted by atomic mass is 10.1. The summed E-state index contributed by atoms with van der Waals surface area (Å²) in [6.45, 7) is 0.626. The number of carboxylic acid groups (broad SMARTS) is 1. The summed E-state index contributed by atoms with van der Waals surface area (Å²) in [5.74, 6) is -0.0116. The molecule has 228 valence electrons. The molecule has 1 aliphatic heterocycles. The van der Waals surface area contributed by atoms with E-state index in [0.29, 0.717) is 53.9 Å². The summed E-state index contributed by atoms with van der Waals surface area (Å²) in [5.41, 5.74) is 0.863. The Balaban J connectivity index is 1.10. The number of benzene rings is 3. The normalized spacial score (nSPS) is 14.1. The number of nitrogens with zero attached hydrogens (tertiary/aromatic N) is 2. The Morgan fingerprint density at radius 3 is 2.30 bits per heavy atom. The number of pyridine rings is 1. The molecule has 10 nitrogen and oxygen atoms in total. The fourth-order valence-corrected chi connectivity index (χ4v) is 6.47. The zero-order valence-corrected chi connectivity index (χ0v) is 25.5. The predicted molar refractivity (Wildman–Crippen MR) is 165 cm³/mol. The maximum atomic E-state index is 13.0. The van der Waals surface area contributed by atoms with Gasteiger partial charge in [0.25, 0.3) is 0 Å². The number of aromatic carboxylic acids is 1. The number of halogens is 2. The molecule has 1 fully saturated rings. The minimum absolute atomic E-state index is 0.00754. The molecule has 0 saturated carbocycles. The van der Waals surface area contributed by atoms with Crippen LogP contribution in [0.3, 0.4) is 0 Å². The molecule has 13 heteroatoms. The second kappa shape index (κ2) is 13.6. The van der Waals surface area contributed by atoms with Crippen LogP contribution in [0.25, 0.3) is 0 Å². The highest BCUT2D eigenvalue weighted by atomic mass is 35.5. The number of nitrogens with one attached hydrogen (secondary N) is 1. The van der Waals surface area contributed by atoms with Crippen molar-refractivity contribution in [3.63, 3.8) is 0 Å². The zero-order chi connectivity index (χ0) is 31.3. The molecule has 1 amide bonds. The lowest BCUT2D eigenvalue weighted by molar-refractivity contribution is -0.115. The summed E-state index contributed by atoms with van der Waals surface area (Å²) in [6.07, 6.45) is 2.43. The van der Waals surface area contributed by atoms with Crippen LogP contribution in [0, 0.1) is 0 Å². The van der Waals surface area contributed by atoms with Crippen LogP contribution in [0.1, 0.15) is 28.8 Å². The van der Waals surface area contributed by atoms with Crippen molar-refractivity contribution in [3.05, 3.63) is 106 Å². The number of rotatable bonds is 10. The first-order chi connectivity index (χ1) is 21.1. The van der Waals surface area contributed by atoms with Crippen molar-refractivity contribution in [1.29, 1.82) is 0 Å². The van der Waals surface area contributed by atoms with E-state index in [1.165, 1.54) is 40.8 Å². The van der Waals surface area contributed by atoms with E-state index in [1.54, 1.807) is 48.5 Å². The van der Waals surface area contributed by atoms with Crippen LogP contribution < -0.4 is 14.8 Å². The van der Waals surface area contributed by atoms with Crippen LogP contribution >= 0.6 is 23.2 Å². The molecule has 0 aliphatic carbocycles. The third-order valence-corrected chi connectivity index (χ3v) is 9.51. The molecule has 3 aromatic carbocycles. The molecule has 0 bridgehead atoms. The third kappa shape index (κ3) is 7.67. The highest BCUT2D eigenvalue weighted by molar-refractivity contribution is 7.89. The van der Waals surface area contributed by atoms with Crippen LogP contribution in [0.5, 0.6) is 17.4 Å². The van der Waals surface area contributed by atoms with Crippen LogP contribution in [-0.2, 0) is 21.2 Å². The number of piperidine rings is 1. The summed E-state index contributed by atoms with van der Waals surface area (Å²) >= 11 is 11.9. The predicted octanol–water partition coefficient (Wildman–Crippen LogP) is 6.29. The van der Waals surface area contributed by atoms with E-state index in [2.05, 4.69) is 10.3 Å². The largest absolute Gasteiger partial charge is 0.490 e. The first-order valence-corrected chi connectivity index (χ1v) is 15.7. The number of anilines is 1. The number of amides is 1. The molecule has 2 heterocycles. The zero-order valence-electron chi connectivity index (χ0n) is 23.2. The average molecular weight is 657 g/mol. The fraction of sp³-hybridized carbons (Fsp3) is 0.194. The summed E-state index contributed by atoms with van der Waals surface area (Å²) in [6, 6.07) is 20.8. The number of hydrogen-bond donors (Lipinski definition) is 2. The number of para-hydroxylation sites is 1. The van der Waals surface area contributed by atoms with Crippen LogP contribution in [0.2, 0.25) is 10.0 Å². The quantitative estimate of drug-likeness (QED) is 0.203. The third-order valence-electron chi connectivity index (χ3n) is 6.87. The number of carboxylic acids is 1. The smallest absolute Gasteiger partial charge is 0.337 e. The lowest BCUT2D eigenvalue weighted by Crippen LogP contribution is -2.41. The van der Waals surface area contributed by atoms with Crippen molar-refractivity contribution in [2.24, 2.45) is 0 Å². The standard InChI is InChI=1S/C31H27Cl2N3O7S/c32-26-11-10-24(18-27(26)33)44(40,41)36-15-13-23(14-16-36)42-21-6-8-22(9-7-21)43-30-12-5-20(19-34-30)17-29(37)35-28-4-2-1-3-25(28)31(38)39/h1-12,18-19,23H,13-17H2,(H,35,37)(H,38,39). The van der Waals surface area contributed by atoms with Gasteiger partial charge in [-0.15, -0.1) is 0 Å². The van der Waals surface area contributed by atoms with Gasteiger partial charge >= 0.3 is 5.97 Å². The van der Waals surface area contributed by atoms with Gasteiger partial charge in [0, 0.05) is 25.4 Å². The fourth-order valence-electron chi connectivity index (χ4n) is 4.61. The Bertz CT molecular complexity index is 1760. The molecule has 0 atom stereocenters. The molecule has 44 heavy (non-hydrogen) atoms. The second-order valence-corrected chi connectivity index (χ2v) is 12.7. The van der Waals surface area contributed by atoms with Gasteiger partial charge in [-0.05, 0) is 73.0 Å². The highest BCUT2D eigenvalue weighted by Gasteiger charge is 2.30. The molecule has 2 N–H and O–H groups in total. The highest BCUT2D eigenvalue weighted by Crippen LogP contribution is 2.29.